The van der Waals surface area contributed by atoms with Crippen LogP contribution < -0.4 is 5.32 Å². The summed E-state index contributed by atoms with van der Waals surface area (Å²) < 4.78 is 22.8. The standard InChI is InChI=1S/C70H119NO13/c1-3-5-7-9-11-13-15-17-19-21-23-25-26-27-28-29-30-31-32-34-36-38-40-42-44-46-48-50-52-54-62(75)71-58(59(74)53-51-49-47-45-43-41-39-37-35-33-24-22-20-18-16-14-12-10-8-6-4-2)57-81-69-67(80)65(78)68(61(56-73)83-69)84-70-66(79)64(77)63(76)60(55-72)82-70/h5,7,11,13,17,19,23,25,27-28,30-31,35,37,43,45,51,53,58-61,63-70,72-74,76-80H,3-4,6,8-10,12,14-16,18,20-22,24,26,29,32-34,36,38-42,44,46-50,52,54-57H2,1-2H3,(H,71,75)/b7-5-,13-11-,19-17-,25-23-,28-27-,31-30-,37-35+,45-43+,53-51+. The second kappa shape index (κ2) is 53.9. The maximum absolute atomic E-state index is 13.3. The molecule has 482 valence electrons. The van der Waals surface area contributed by atoms with E-state index in [0.717, 1.165) is 89.9 Å². The molecule has 2 fully saturated rings. The van der Waals surface area contributed by atoms with Crippen molar-refractivity contribution in [3.05, 3.63) is 109 Å². The number of amides is 1. The molecule has 0 radical (unpaired) electrons. The molecule has 0 aliphatic carbocycles. The van der Waals surface area contributed by atoms with Gasteiger partial charge in [0.2, 0.25) is 5.91 Å². The number of carbonyl (C=O) groups is 1. The van der Waals surface area contributed by atoms with E-state index in [1.807, 2.05) is 6.08 Å². The third-order valence-electron chi connectivity index (χ3n) is 15.4. The van der Waals surface area contributed by atoms with E-state index in [9.17, 15) is 45.6 Å². The lowest BCUT2D eigenvalue weighted by Crippen LogP contribution is -2.65. The number of carbonyl (C=O) groups excluding carboxylic acids is 1. The topological polar surface area (TPSA) is 228 Å². The van der Waals surface area contributed by atoms with Gasteiger partial charge in [0.05, 0.1) is 32.0 Å². The lowest BCUT2D eigenvalue weighted by molar-refractivity contribution is -0.359. The van der Waals surface area contributed by atoms with Crippen LogP contribution in [0.5, 0.6) is 0 Å². The smallest absolute Gasteiger partial charge is 0.220 e. The van der Waals surface area contributed by atoms with Gasteiger partial charge in [-0.1, -0.05) is 239 Å². The summed E-state index contributed by atoms with van der Waals surface area (Å²) in [5, 5.41) is 87.3. The van der Waals surface area contributed by atoms with Gasteiger partial charge >= 0.3 is 0 Å². The first-order valence-electron chi connectivity index (χ1n) is 33.1. The molecule has 0 bridgehead atoms. The van der Waals surface area contributed by atoms with E-state index in [0.29, 0.717) is 12.8 Å². The Morgan fingerprint density at radius 2 is 0.833 bits per heavy atom. The van der Waals surface area contributed by atoms with Crippen molar-refractivity contribution in [2.45, 2.75) is 306 Å². The van der Waals surface area contributed by atoms with Crippen molar-refractivity contribution in [3.63, 3.8) is 0 Å². The van der Waals surface area contributed by atoms with E-state index in [4.69, 9.17) is 18.9 Å². The van der Waals surface area contributed by atoms with Crippen LogP contribution in [0.15, 0.2) is 109 Å². The molecule has 14 nitrogen and oxygen atoms in total. The molecular formula is C70H119NO13. The normalized spacial score (nSPS) is 24.4. The molecular weight excluding hydrogens is 1060 g/mol. The molecule has 0 saturated carbocycles. The number of unbranched alkanes of at least 4 members (excludes halogenated alkanes) is 23. The molecule has 2 heterocycles. The average Bonchev–Trinajstić information content (AvgIpc) is 3.24. The van der Waals surface area contributed by atoms with E-state index < -0.39 is 86.8 Å². The van der Waals surface area contributed by atoms with Gasteiger partial charge in [0.25, 0.3) is 0 Å². The quantitative estimate of drug-likeness (QED) is 0.0204. The van der Waals surface area contributed by atoms with Gasteiger partial charge in [0.1, 0.15) is 48.8 Å². The summed E-state index contributed by atoms with van der Waals surface area (Å²) in [6.45, 7) is 2.66. The van der Waals surface area contributed by atoms with Gasteiger partial charge in [-0.3, -0.25) is 4.79 Å². The van der Waals surface area contributed by atoms with Crippen LogP contribution in [0.4, 0.5) is 0 Å². The zero-order valence-corrected chi connectivity index (χ0v) is 52.1. The molecule has 14 heteroatoms. The fourth-order valence-corrected chi connectivity index (χ4v) is 10.2. The van der Waals surface area contributed by atoms with Crippen LogP contribution in [-0.2, 0) is 23.7 Å². The van der Waals surface area contributed by atoms with Gasteiger partial charge < -0.3 is 65.1 Å². The molecule has 0 aromatic carbocycles. The van der Waals surface area contributed by atoms with Crippen LogP contribution in [0.2, 0.25) is 0 Å². The van der Waals surface area contributed by atoms with E-state index in [1.165, 1.54) is 109 Å². The highest BCUT2D eigenvalue weighted by Crippen LogP contribution is 2.30. The Morgan fingerprint density at radius 1 is 0.440 bits per heavy atom. The summed E-state index contributed by atoms with van der Waals surface area (Å²) in [7, 11) is 0. The molecule has 12 atom stereocenters. The molecule has 2 saturated heterocycles. The Hall–Kier alpha value is -3.35. The number of allylic oxidation sites excluding steroid dienone is 17. The lowest BCUT2D eigenvalue weighted by atomic mass is 9.97. The van der Waals surface area contributed by atoms with Crippen molar-refractivity contribution in [3.8, 4) is 0 Å². The first-order valence-corrected chi connectivity index (χ1v) is 33.1. The van der Waals surface area contributed by atoms with Crippen molar-refractivity contribution in [2.75, 3.05) is 19.8 Å². The van der Waals surface area contributed by atoms with Crippen molar-refractivity contribution >= 4 is 5.91 Å². The summed E-state index contributed by atoms with van der Waals surface area (Å²) in [5.74, 6) is -0.262. The number of nitrogens with one attached hydrogen (secondary N) is 1. The lowest BCUT2D eigenvalue weighted by Gasteiger charge is -2.46. The van der Waals surface area contributed by atoms with E-state index in [2.05, 4.69) is 116 Å². The molecule has 2 rings (SSSR count). The van der Waals surface area contributed by atoms with Crippen molar-refractivity contribution in [1.29, 1.82) is 0 Å². The number of hydrogen-bond donors (Lipinski definition) is 9. The number of hydrogen-bond acceptors (Lipinski definition) is 13. The molecule has 84 heavy (non-hydrogen) atoms. The minimum Gasteiger partial charge on any atom is -0.394 e. The molecule has 0 spiro atoms. The highest BCUT2D eigenvalue weighted by atomic mass is 16.7. The van der Waals surface area contributed by atoms with E-state index in [1.54, 1.807) is 6.08 Å². The molecule has 12 unspecified atom stereocenters. The Bertz CT molecular complexity index is 1820. The maximum atomic E-state index is 13.3. The van der Waals surface area contributed by atoms with Crippen LogP contribution >= 0.6 is 0 Å². The average molecular weight is 1180 g/mol. The molecule has 2 aliphatic rings. The predicted molar refractivity (Wildman–Crippen MR) is 341 cm³/mol. The second-order valence-electron chi connectivity index (χ2n) is 22.8. The third kappa shape index (κ3) is 38.0. The van der Waals surface area contributed by atoms with Gasteiger partial charge in [0.15, 0.2) is 12.6 Å². The predicted octanol–water partition coefficient (Wildman–Crippen LogP) is 12.8. The summed E-state index contributed by atoms with van der Waals surface area (Å²) in [6.07, 6.45) is 59.8. The van der Waals surface area contributed by atoms with Crippen molar-refractivity contribution in [1.82, 2.24) is 5.32 Å². The summed E-state index contributed by atoms with van der Waals surface area (Å²) in [5.41, 5.74) is 0. The SMILES string of the molecule is CC/C=C\C/C=C\C/C=C\C/C=C\C/C=C\C/C=C\CCCCCCCCCCCCC(=O)NC(COC1OC(CO)C(OC2OC(CO)C(O)C(O)C2O)C(O)C1O)C(O)/C=C/CC/C=C/CC/C=C/CCCCCCCCCCCCC. The monoisotopic (exact) mass is 1180 g/mol. The first-order chi connectivity index (χ1) is 41.1. The highest BCUT2D eigenvalue weighted by molar-refractivity contribution is 5.76. The van der Waals surface area contributed by atoms with Gasteiger partial charge in [-0.2, -0.15) is 0 Å². The molecule has 1 amide bonds. The Labute approximate surface area is 508 Å². The maximum Gasteiger partial charge on any atom is 0.220 e. The highest BCUT2D eigenvalue weighted by Gasteiger charge is 2.51. The zero-order chi connectivity index (χ0) is 60.9. The second-order valence-corrected chi connectivity index (χ2v) is 22.8. The number of ether oxygens (including phenoxy) is 4. The Kier molecular flexibility index (Phi) is 49.2. The fourth-order valence-electron chi connectivity index (χ4n) is 10.2. The third-order valence-corrected chi connectivity index (χ3v) is 15.4. The van der Waals surface area contributed by atoms with Crippen LogP contribution in [0, 0.1) is 0 Å². The number of aliphatic hydroxyl groups is 8. The van der Waals surface area contributed by atoms with Gasteiger partial charge in [0, 0.05) is 6.42 Å². The Morgan fingerprint density at radius 3 is 1.31 bits per heavy atom. The van der Waals surface area contributed by atoms with Gasteiger partial charge in [-0.15, -0.1) is 0 Å². The largest absolute Gasteiger partial charge is 0.394 e. The van der Waals surface area contributed by atoms with E-state index in [-0.39, 0.29) is 18.9 Å². The molecule has 0 aromatic rings. The molecule has 2 aliphatic heterocycles. The van der Waals surface area contributed by atoms with Crippen molar-refractivity contribution < 1.29 is 64.6 Å². The minimum absolute atomic E-state index is 0.258. The minimum atomic E-state index is -1.80. The van der Waals surface area contributed by atoms with Crippen LogP contribution in [0.25, 0.3) is 0 Å². The van der Waals surface area contributed by atoms with Gasteiger partial charge in [-0.05, 0) is 96.3 Å². The van der Waals surface area contributed by atoms with Crippen molar-refractivity contribution in [2.24, 2.45) is 0 Å². The van der Waals surface area contributed by atoms with Crippen LogP contribution in [-0.4, -0.2) is 140 Å². The van der Waals surface area contributed by atoms with Crippen LogP contribution in [0.3, 0.4) is 0 Å². The first kappa shape index (κ1) is 76.7. The Balaban J connectivity index is 1.73. The summed E-state index contributed by atoms with van der Waals surface area (Å²) in [6, 6.07) is -0.949. The molecule has 0 aromatic heterocycles. The van der Waals surface area contributed by atoms with E-state index >= 15 is 0 Å². The summed E-state index contributed by atoms with van der Waals surface area (Å²) in [4.78, 5) is 13.3. The number of aliphatic hydroxyl groups excluding tert-OH is 8. The number of rotatable bonds is 52. The molecule has 9 N–H and O–H groups in total. The van der Waals surface area contributed by atoms with Gasteiger partial charge in [-0.25, -0.2) is 0 Å². The summed E-state index contributed by atoms with van der Waals surface area (Å²) >= 11 is 0. The van der Waals surface area contributed by atoms with Crippen LogP contribution in [0.1, 0.15) is 232 Å². The zero-order valence-electron chi connectivity index (χ0n) is 52.1. The fraction of sp³-hybridized carbons (Fsp3) is 0.729.